The molecule has 0 N–H and O–H groups in total. The van der Waals surface area contributed by atoms with Crippen molar-refractivity contribution in [2.24, 2.45) is 0 Å². The zero-order valence-electron chi connectivity index (χ0n) is 17.8. The van der Waals surface area contributed by atoms with Gasteiger partial charge >= 0.3 is 0 Å². The molecule has 0 aliphatic rings. The second-order valence-electron chi connectivity index (χ2n) is 7.45. The van der Waals surface area contributed by atoms with E-state index in [2.05, 4.69) is 34.5 Å². The molecule has 0 atom stereocenters. The zero-order valence-corrected chi connectivity index (χ0v) is 18.6. The molecular formula is C27H25N3OS. The molecule has 0 aliphatic heterocycles. The summed E-state index contributed by atoms with van der Waals surface area (Å²) in [6, 6.07) is 34.2. The molecule has 1 heterocycles. The summed E-state index contributed by atoms with van der Waals surface area (Å²) in [6.45, 7) is 1.28. The van der Waals surface area contributed by atoms with Crippen LogP contribution >= 0.6 is 11.8 Å². The molecule has 0 saturated carbocycles. The molecule has 160 valence electrons. The molecule has 0 spiro atoms. The van der Waals surface area contributed by atoms with E-state index in [9.17, 15) is 4.79 Å². The summed E-state index contributed by atoms with van der Waals surface area (Å²) in [7, 11) is 0. The van der Waals surface area contributed by atoms with Gasteiger partial charge in [-0.2, -0.15) is 0 Å². The van der Waals surface area contributed by atoms with E-state index in [0.717, 1.165) is 28.3 Å². The number of rotatable bonds is 9. The van der Waals surface area contributed by atoms with E-state index in [1.54, 1.807) is 0 Å². The Morgan fingerprint density at radius 1 is 0.719 bits per heavy atom. The van der Waals surface area contributed by atoms with Crippen molar-refractivity contribution in [2.45, 2.75) is 18.0 Å². The van der Waals surface area contributed by atoms with Crippen LogP contribution in [0.1, 0.15) is 11.1 Å². The molecule has 0 unspecified atom stereocenters. The average Bonchev–Trinajstić information content (AvgIpc) is 2.87. The number of carbonyl (C=O) groups excluding carboxylic acids is 1. The zero-order chi connectivity index (χ0) is 22.0. The van der Waals surface area contributed by atoms with E-state index in [0.29, 0.717) is 18.8 Å². The first-order valence-corrected chi connectivity index (χ1v) is 11.6. The Morgan fingerprint density at radius 3 is 1.97 bits per heavy atom. The van der Waals surface area contributed by atoms with Gasteiger partial charge in [-0.25, -0.2) is 0 Å². The molecule has 4 rings (SSSR count). The average molecular weight is 440 g/mol. The van der Waals surface area contributed by atoms with Gasteiger partial charge in [0, 0.05) is 18.7 Å². The molecule has 4 nitrogen and oxygen atoms in total. The number of thioether (sulfide) groups is 1. The third-order valence-corrected chi connectivity index (χ3v) is 6.04. The SMILES string of the molecule is O=C(CSc1ccc(-c2ccccc2)nn1)N(CCc1ccccc1)Cc1ccccc1. The van der Waals surface area contributed by atoms with Crippen molar-refractivity contribution in [1.29, 1.82) is 0 Å². The minimum absolute atomic E-state index is 0.101. The van der Waals surface area contributed by atoms with E-state index >= 15 is 0 Å². The first-order valence-electron chi connectivity index (χ1n) is 10.7. The molecule has 3 aromatic carbocycles. The standard InChI is InChI=1S/C27H25N3OS/c31-27(21-32-26-17-16-25(28-29-26)24-14-8-3-9-15-24)30(20-23-12-6-2-7-13-23)19-18-22-10-4-1-5-11-22/h1-17H,18-21H2. The molecular weight excluding hydrogens is 414 g/mol. The summed E-state index contributed by atoms with van der Waals surface area (Å²) in [5, 5.41) is 9.38. The van der Waals surface area contributed by atoms with Crippen LogP contribution in [0.4, 0.5) is 0 Å². The topological polar surface area (TPSA) is 46.1 Å². The van der Waals surface area contributed by atoms with Crippen molar-refractivity contribution in [3.8, 4) is 11.3 Å². The largest absolute Gasteiger partial charge is 0.337 e. The molecule has 0 bridgehead atoms. The summed E-state index contributed by atoms with van der Waals surface area (Å²) in [5.74, 6) is 0.435. The first-order chi connectivity index (χ1) is 15.8. The van der Waals surface area contributed by atoms with Crippen LogP contribution in [-0.2, 0) is 17.8 Å². The fraction of sp³-hybridized carbons (Fsp3) is 0.148. The summed E-state index contributed by atoms with van der Waals surface area (Å²) in [4.78, 5) is 15.0. The van der Waals surface area contributed by atoms with Crippen LogP contribution < -0.4 is 0 Å². The quantitative estimate of drug-likeness (QED) is 0.323. The van der Waals surface area contributed by atoms with Gasteiger partial charge in [0.15, 0.2) is 0 Å². The Balaban J connectivity index is 1.38. The molecule has 1 amide bonds. The van der Waals surface area contributed by atoms with E-state index in [1.165, 1.54) is 17.3 Å². The van der Waals surface area contributed by atoms with Gasteiger partial charge in [0.25, 0.3) is 0 Å². The Labute approximate surface area is 193 Å². The Bertz CT molecular complexity index is 1100. The highest BCUT2D eigenvalue weighted by Crippen LogP contribution is 2.20. The molecule has 0 radical (unpaired) electrons. The number of hydrogen-bond acceptors (Lipinski definition) is 4. The lowest BCUT2D eigenvalue weighted by molar-refractivity contribution is -0.128. The van der Waals surface area contributed by atoms with Gasteiger partial charge in [-0.15, -0.1) is 10.2 Å². The minimum atomic E-state index is 0.101. The van der Waals surface area contributed by atoms with Crippen LogP contribution in [0.2, 0.25) is 0 Å². The highest BCUT2D eigenvalue weighted by Gasteiger charge is 2.15. The fourth-order valence-corrected chi connectivity index (χ4v) is 4.11. The normalized spacial score (nSPS) is 10.6. The van der Waals surface area contributed by atoms with Crippen molar-refractivity contribution >= 4 is 17.7 Å². The maximum atomic E-state index is 13.1. The third-order valence-electron chi connectivity index (χ3n) is 5.14. The number of hydrogen-bond donors (Lipinski definition) is 0. The number of benzene rings is 3. The van der Waals surface area contributed by atoms with Gasteiger partial charge in [-0.3, -0.25) is 4.79 Å². The minimum Gasteiger partial charge on any atom is -0.337 e. The summed E-state index contributed by atoms with van der Waals surface area (Å²) < 4.78 is 0. The fourth-order valence-electron chi connectivity index (χ4n) is 3.39. The number of aromatic nitrogens is 2. The third kappa shape index (κ3) is 6.28. The molecule has 0 aliphatic carbocycles. The summed E-state index contributed by atoms with van der Waals surface area (Å²) in [5.41, 5.74) is 4.22. The van der Waals surface area contributed by atoms with Gasteiger partial charge in [0.2, 0.25) is 5.91 Å². The van der Waals surface area contributed by atoms with Gasteiger partial charge in [-0.1, -0.05) is 103 Å². The smallest absolute Gasteiger partial charge is 0.233 e. The van der Waals surface area contributed by atoms with Gasteiger partial charge in [0.05, 0.1) is 11.4 Å². The highest BCUT2D eigenvalue weighted by molar-refractivity contribution is 7.99. The molecule has 1 aromatic heterocycles. The van der Waals surface area contributed by atoms with Crippen LogP contribution in [-0.4, -0.2) is 33.3 Å². The molecule has 32 heavy (non-hydrogen) atoms. The molecule has 5 heteroatoms. The van der Waals surface area contributed by atoms with Crippen molar-refractivity contribution in [2.75, 3.05) is 12.3 Å². The maximum absolute atomic E-state index is 13.1. The number of amides is 1. The van der Waals surface area contributed by atoms with Crippen LogP contribution in [0.25, 0.3) is 11.3 Å². The predicted octanol–water partition coefficient (Wildman–Crippen LogP) is 5.51. The Hall–Kier alpha value is -3.44. The van der Waals surface area contributed by atoms with Crippen molar-refractivity contribution in [1.82, 2.24) is 15.1 Å². The van der Waals surface area contributed by atoms with Crippen LogP contribution in [0.3, 0.4) is 0 Å². The molecule has 0 fully saturated rings. The Kier molecular flexibility index (Phi) is 7.66. The highest BCUT2D eigenvalue weighted by atomic mass is 32.2. The van der Waals surface area contributed by atoms with Gasteiger partial charge < -0.3 is 4.90 Å². The lowest BCUT2D eigenvalue weighted by Gasteiger charge is -2.23. The monoisotopic (exact) mass is 439 g/mol. The maximum Gasteiger partial charge on any atom is 0.233 e. The first kappa shape index (κ1) is 21.8. The van der Waals surface area contributed by atoms with E-state index in [-0.39, 0.29) is 5.91 Å². The van der Waals surface area contributed by atoms with Crippen LogP contribution in [0.15, 0.2) is 108 Å². The van der Waals surface area contributed by atoms with E-state index in [4.69, 9.17) is 0 Å². The lowest BCUT2D eigenvalue weighted by atomic mass is 10.1. The summed E-state index contributed by atoms with van der Waals surface area (Å²) in [6.07, 6.45) is 0.829. The van der Waals surface area contributed by atoms with Crippen molar-refractivity contribution in [3.63, 3.8) is 0 Å². The molecule has 4 aromatic rings. The van der Waals surface area contributed by atoms with Crippen molar-refractivity contribution < 1.29 is 4.79 Å². The Morgan fingerprint density at radius 2 is 1.34 bits per heavy atom. The second-order valence-corrected chi connectivity index (χ2v) is 8.44. The van der Waals surface area contributed by atoms with Crippen LogP contribution in [0, 0.1) is 0 Å². The number of carbonyl (C=O) groups is 1. The predicted molar refractivity (Wildman–Crippen MR) is 130 cm³/mol. The van der Waals surface area contributed by atoms with E-state index in [1.807, 2.05) is 83.8 Å². The van der Waals surface area contributed by atoms with Gasteiger partial charge in [-0.05, 0) is 29.7 Å². The van der Waals surface area contributed by atoms with Crippen LogP contribution in [0.5, 0.6) is 0 Å². The van der Waals surface area contributed by atoms with Crippen molar-refractivity contribution in [3.05, 3.63) is 114 Å². The molecule has 0 saturated heterocycles. The van der Waals surface area contributed by atoms with Gasteiger partial charge in [0.1, 0.15) is 5.03 Å². The second kappa shape index (κ2) is 11.3. The summed E-state index contributed by atoms with van der Waals surface area (Å²) >= 11 is 1.43. The number of nitrogens with zero attached hydrogens (tertiary/aromatic N) is 3. The lowest BCUT2D eigenvalue weighted by Crippen LogP contribution is -2.33. The van der Waals surface area contributed by atoms with E-state index < -0.39 is 0 Å².